The van der Waals surface area contributed by atoms with E-state index in [-0.39, 0.29) is 84.4 Å². The molecule has 5 unspecified atom stereocenters. The summed E-state index contributed by atoms with van der Waals surface area (Å²) in [5.74, 6) is -5.82. The SMILES string of the molecule is COC1(OC)CCC2(C(=O)OCc3ccccc3)C(C(=O)OCc3ccccc3)(CCC3(C(=O)OCc4ccccc4)C2(C(=O)OCc2ccccc2)CC[C@@]2(C)C3(C(=O)OCc3ccccc3)CC[C@@]23CO3)C1. The number of fused-ring (bicyclic) bond motifs is 6. The van der Waals surface area contributed by atoms with E-state index in [1.165, 1.54) is 14.2 Å². The molecule has 1 spiro atoms. The molecule has 0 radical (unpaired) electrons. The second-order valence-electron chi connectivity index (χ2n) is 21.1. The summed E-state index contributed by atoms with van der Waals surface area (Å²) in [4.78, 5) is 83.2. The van der Waals surface area contributed by atoms with Gasteiger partial charge in [0, 0.05) is 32.5 Å². The van der Waals surface area contributed by atoms with Crippen molar-refractivity contribution in [3.63, 3.8) is 0 Å². The molecule has 0 N–H and O–H groups in total. The first kappa shape index (κ1) is 50.8. The van der Waals surface area contributed by atoms with Crippen molar-refractivity contribution in [1.29, 1.82) is 0 Å². The predicted octanol–water partition coefficient (Wildman–Crippen LogP) is 9.97. The summed E-state index contributed by atoms with van der Waals surface area (Å²) in [6.45, 7) is 1.14. The molecule has 7 atom stereocenters. The fourth-order valence-electron chi connectivity index (χ4n) is 14.6. The van der Waals surface area contributed by atoms with Gasteiger partial charge in [-0.1, -0.05) is 159 Å². The van der Waals surface area contributed by atoms with Crippen molar-refractivity contribution in [3.05, 3.63) is 179 Å². The molecule has 1 aliphatic heterocycles. The average molecular weight is 1010 g/mol. The molecule has 5 aromatic carbocycles. The second-order valence-corrected chi connectivity index (χ2v) is 21.1. The number of methoxy groups -OCH3 is 2. The highest BCUT2D eigenvalue weighted by molar-refractivity contribution is 6.03. The van der Waals surface area contributed by atoms with Crippen molar-refractivity contribution in [2.75, 3.05) is 20.8 Å². The van der Waals surface area contributed by atoms with E-state index in [4.69, 9.17) is 37.9 Å². The Balaban J connectivity index is 1.27. The highest BCUT2D eigenvalue weighted by Crippen LogP contribution is 2.87. The Labute approximate surface area is 432 Å². The molecular formula is C61H64O13. The van der Waals surface area contributed by atoms with E-state index in [9.17, 15) is 0 Å². The van der Waals surface area contributed by atoms with Gasteiger partial charge in [-0.2, -0.15) is 0 Å². The minimum Gasteiger partial charge on any atom is -0.460 e. The summed E-state index contributed by atoms with van der Waals surface area (Å²) in [6, 6.07) is 45.7. The third-order valence-electron chi connectivity index (χ3n) is 18.3. The average Bonchev–Trinajstić information content (AvgIpc) is 4.21. The topological polar surface area (TPSA) is 162 Å². The van der Waals surface area contributed by atoms with Crippen LogP contribution >= 0.6 is 0 Å². The van der Waals surface area contributed by atoms with Crippen LogP contribution in [0.15, 0.2) is 152 Å². The van der Waals surface area contributed by atoms with Crippen LogP contribution in [0.5, 0.6) is 0 Å². The zero-order valence-electron chi connectivity index (χ0n) is 42.3. The first-order valence-corrected chi connectivity index (χ1v) is 25.7. The smallest absolute Gasteiger partial charge is 0.314 e. The minimum atomic E-state index is -2.42. The molecule has 0 aromatic heterocycles. The Kier molecular flexibility index (Phi) is 13.7. The number of carbonyl (C=O) groups is 5. The molecule has 5 fully saturated rings. The summed E-state index contributed by atoms with van der Waals surface area (Å²) >= 11 is 0. The molecule has 10 rings (SSSR count). The van der Waals surface area contributed by atoms with Crippen LogP contribution in [0.2, 0.25) is 0 Å². The molecule has 386 valence electrons. The Morgan fingerprint density at radius 1 is 0.392 bits per heavy atom. The van der Waals surface area contributed by atoms with Gasteiger partial charge < -0.3 is 37.9 Å². The van der Waals surface area contributed by atoms with Crippen LogP contribution in [0.1, 0.15) is 92.5 Å². The first-order chi connectivity index (χ1) is 35.9. The van der Waals surface area contributed by atoms with Crippen LogP contribution in [-0.4, -0.2) is 62.1 Å². The van der Waals surface area contributed by atoms with E-state index in [2.05, 4.69) is 0 Å². The predicted molar refractivity (Wildman–Crippen MR) is 268 cm³/mol. The van der Waals surface area contributed by atoms with E-state index in [0.29, 0.717) is 40.8 Å². The van der Waals surface area contributed by atoms with E-state index in [1.807, 2.05) is 146 Å². The van der Waals surface area contributed by atoms with E-state index < -0.39 is 73.7 Å². The Morgan fingerprint density at radius 2 is 0.703 bits per heavy atom. The van der Waals surface area contributed by atoms with Crippen molar-refractivity contribution < 1.29 is 61.9 Å². The van der Waals surface area contributed by atoms with Crippen molar-refractivity contribution in [2.45, 2.75) is 109 Å². The third kappa shape index (κ3) is 7.70. The molecule has 4 aliphatic carbocycles. The molecule has 5 aromatic rings. The van der Waals surface area contributed by atoms with Gasteiger partial charge in [0.05, 0.1) is 23.0 Å². The fraction of sp³-hybridized carbons (Fsp3) is 0.426. The molecule has 0 amide bonds. The number of rotatable bonds is 17. The Morgan fingerprint density at radius 3 is 1.08 bits per heavy atom. The number of carbonyl (C=O) groups excluding carboxylic acids is 5. The molecule has 1 saturated heterocycles. The number of hydrogen-bond acceptors (Lipinski definition) is 13. The standard InChI is InChI=1S/C61H64O13/c1-54-29-33-61(53(66)73-41-48-27-17-8-18-28-48)59(51(64)71-39-46-23-13-6-14-24-46)36-32-57(67-2,68-3)42-55(59,49(62)69-37-44-19-9-4-10-20-44)30-34-60(61,52(65)72-40-47-25-15-7-16-26-47)58(54,35-31-56(54)43-74-56)50(63)70-38-45-21-11-5-12-22-45/h4-28H,29-43H2,1-3H3/t54-,55?,56-,58?,59?,60?,61?/m1/s1. The lowest BCUT2D eigenvalue weighted by atomic mass is 9.25. The Bertz CT molecular complexity index is 2840. The van der Waals surface area contributed by atoms with Crippen LogP contribution in [-0.2, 0) is 94.9 Å². The summed E-state index contributed by atoms with van der Waals surface area (Å²) < 4.78 is 51.9. The zero-order valence-corrected chi connectivity index (χ0v) is 42.3. The number of ether oxygens (including phenoxy) is 8. The second kappa shape index (κ2) is 19.9. The van der Waals surface area contributed by atoms with Gasteiger partial charge in [0.2, 0.25) is 0 Å². The lowest BCUT2D eigenvalue weighted by molar-refractivity contribution is -0.329. The van der Waals surface area contributed by atoms with Crippen molar-refractivity contribution >= 4 is 29.8 Å². The van der Waals surface area contributed by atoms with Gasteiger partial charge >= 0.3 is 29.8 Å². The van der Waals surface area contributed by atoms with Crippen molar-refractivity contribution in [1.82, 2.24) is 0 Å². The molecule has 13 nitrogen and oxygen atoms in total. The number of hydrogen-bond donors (Lipinski definition) is 0. The van der Waals surface area contributed by atoms with Crippen LogP contribution in [0, 0.1) is 32.5 Å². The molecule has 1 heterocycles. The quantitative estimate of drug-likeness (QED) is 0.0375. The normalized spacial score (nSPS) is 30.1. The van der Waals surface area contributed by atoms with Crippen LogP contribution in [0.4, 0.5) is 0 Å². The summed E-state index contributed by atoms with van der Waals surface area (Å²) in [7, 11) is 2.95. The van der Waals surface area contributed by atoms with Crippen LogP contribution < -0.4 is 0 Å². The number of benzene rings is 5. The summed E-state index contributed by atoms with van der Waals surface area (Å²) in [6.07, 6.45) is -1.05. The van der Waals surface area contributed by atoms with Gasteiger partial charge in [0.1, 0.15) is 49.3 Å². The van der Waals surface area contributed by atoms with Gasteiger partial charge in [0.25, 0.3) is 0 Å². The zero-order chi connectivity index (χ0) is 51.7. The number of epoxide rings is 1. The monoisotopic (exact) mass is 1000 g/mol. The van der Waals surface area contributed by atoms with Crippen molar-refractivity contribution in [3.8, 4) is 0 Å². The fourth-order valence-corrected chi connectivity index (χ4v) is 14.6. The Hall–Kier alpha value is -6.67. The maximum Gasteiger partial charge on any atom is 0.314 e. The van der Waals surface area contributed by atoms with Gasteiger partial charge in [-0.25, -0.2) is 0 Å². The maximum absolute atomic E-state index is 17.0. The molecule has 0 bridgehead atoms. The van der Waals surface area contributed by atoms with Gasteiger partial charge in [0.15, 0.2) is 5.79 Å². The lowest BCUT2D eigenvalue weighted by Gasteiger charge is -2.73. The third-order valence-corrected chi connectivity index (χ3v) is 18.3. The van der Waals surface area contributed by atoms with Gasteiger partial charge in [-0.3, -0.25) is 24.0 Å². The minimum absolute atomic E-state index is 0.0198. The molecule has 74 heavy (non-hydrogen) atoms. The lowest BCUT2D eigenvalue weighted by Crippen LogP contribution is -2.83. The highest BCUT2D eigenvalue weighted by Gasteiger charge is 2.95. The molecule has 4 saturated carbocycles. The highest BCUT2D eigenvalue weighted by atomic mass is 16.7. The summed E-state index contributed by atoms with van der Waals surface area (Å²) in [5, 5.41) is 0. The first-order valence-electron chi connectivity index (χ1n) is 25.7. The molecular weight excluding hydrogens is 941 g/mol. The van der Waals surface area contributed by atoms with Gasteiger partial charge in [-0.15, -0.1) is 0 Å². The van der Waals surface area contributed by atoms with E-state index >= 15 is 24.0 Å². The summed E-state index contributed by atoms with van der Waals surface area (Å²) in [5.41, 5.74) is -9.82. The largest absolute Gasteiger partial charge is 0.460 e. The van der Waals surface area contributed by atoms with Crippen LogP contribution in [0.25, 0.3) is 0 Å². The van der Waals surface area contributed by atoms with Gasteiger partial charge in [-0.05, 0) is 72.8 Å². The number of esters is 5. The molecule has 13 heteroatoms. The van der Waals surface area contributed by atoms with Crippen LogP contribution in [0.3, 0.4) is 0 Å². The maximum atomic E-state index is 17.0. The van der Waals surface area contributed by atoms with Crippen molar-refractivity contribution in [2.24, 2.45) is 32.5 Å². The van der Waals surface area contributed by atoms with E-state index in [0.717, 1.165) is 0 Å². The van der Waals surface area contributed by atoms with E-state index in [1.54, 1.807) is 12.1 Å². The molecule has 5 aliphatic rings.